The number of para-hydroxylation sites is 1. The number of carbonyl (C=O) groups is 3. The van der Waals surface area contributed by atoms with E-state index in [-0.39, 0.29) is 22.8 Å². The van der Waals surface area contributed by atoms with Crippen molar-refractivity contribution in [2.24, 2.45) is 5.10 Å². The first-order chi connectivity index (χ1) is 23.0. The first kappa shape index (κ1) is 33.6. The van der Waals surface area contributed by atoms with Crippen LogP contribution in [0.15, 0.2) is 96.1 Å². The number of ether oxygens (including phenoxy) is 5. The summed E-state index contributed by atoms with van der Waals surface area (Å²) in [6.07, 6.45) is 0.626. The highest BCUT2D eigenvalue weighted by Crippen LogP contribution is 2.29. The minimum absolute atomic E-state index is 0.163. The van der Waals surface area contributed by atoms with Crippen molar-refractivity contribution in [2.75, 3.05) is 18.7 Å². The lowest BCUT2D eigenvalue weighted by Gasteiger charge is -2.18. The summed E-state index contributed by atoms with van der Waals surface area (Å²) in [4.78, 5) is 42.7. The normalized spacial score (nSPS) is 11.3. The molecule has 0 saturated carbocycles. The molecule has 0 bridgehead atoms. The largest absolute Gasteiger partial charge is 0.514 e. The highest BCUT2D eigenvalue weighted by molar-refractivity contribution is 7.22. The van der Waals surface area contributed by atoms with Crippen LogP contribution in [-0.2, 0) is 4.74 Å². The van der Waals surface area contributed by atoms with E-state index in [9.17, 15) is 14.4 Å². The number of hydrogen-bond acceptors (Lipinski definition) is 12. The van der Waals surface area contributed by atoms with Gasteiger partial charge >= 0.3 is 18.1 Å². The predicted molar refractivity (Wildman–Crippen MR) is 183 cm³/mol. The minimum atomic E-state index is -0.860. The van der Waals surface area contributed by atoms with Gasteiger partial charge in [-0.25, -0.2) is 24.4 Å². The number of fused-ring (bicyclic) bond motifs is 1. The molecule has 0 amide bonds. The van der Waals surface area contributed by atoms with Crippen molar-refractivity contribution >= 4 is 51.0 Å². The van der Waals surface area contributed by atoms with Crippen LogP contribution < -0.4 is 24.0 Å². The number of aromatic nitrogens is 1. The van der Waals surface area contributed by atoms with Crippen molar-refractivity contribution in [3.63, 3.8) is 0 Å². The summed E-state index contributed by atoms with van der Waals surface area (Å²) in [5.41, 5.74) is 1.03. The molecule has 0 fully saturated rings. The molecule has 5 aromatic rings. The van der Waals surface area contributed by atoms with Gasteiger partial charge in [-0.3, -0.25) is 0 Å². The molecule has 5 rings (SSSR count). The molecule has 1 heterocycles. The van der Waals surface area contributed by atoms with Crippen molar-refractivity contribution in [1.29, 1.82) is 0 Å². The number of esters is 2. The second kappa shape index (κ2) is 14.8. The standard InChI is InChI=1S/C36H33N3O8S/c1-6-43-26-15-11-23(12-16-26)32(40)44-28-19-20-30(25(21-28)22-37-39(5)34-38-29-9-7-8-10-31(29)48-34)46-33(41)24-13-17-27(18-14-24)45-35(42)47-36(2,3)4/h7-22H,6H2,1-5H3/b37-22+. The molecule has 0 unspecified atom stereocenters. The third-order valence-electron chi connectivity index (χ3n) is 6.41. The Bertz CT molecular complexity index is 1910. The highest BCUT2D eigenvalue weighted by atomic mass is 32.1. The Hall–Kier alpha value is -5.75. The quantitative estimate of drug-likeness (QED) is 0.0477. The summed E-state index contributed by atoms with van der Waals surface area (Å²) in [5.74, 6) is -0.0396. The van der Waals surface area contributed by atoms with E-state index in [0.29, 0.717) is 28.6 Å². The Labute approximate surface area is 281 Å². The van der Waals surface area contributed by atoms with Crippen LogP contribution in [0.25, 0.3) is 10.2 Å². The van der Waals surface area contributed by atoms with Crippen LogP contribution in [0.4, 0.5) is 9.93 Å². The van der Waals surface area contributed by atoms with Gasteiger partial charge < -0.3 is 23.7 Å². The Morgan fingerprint density at radius 1 is 0.812 bits per heavy atom. The van der Waals surface area contributed by atoms with E-state index in [1.807, 2.05) is 31.2 Å². The van der Waals surface area contributed by atoms with Gasteiger partial charge in [0, 0.05) is 12.6 Å². The van der Waals surface area contributed by atoms with Gasteiger partial charge in [-0.05, 0) is 107 Å². The molecule has 0 aliphatic heterocycles. The molecule has 0 saturated heterocycles. The van der Waals surface area contributed by atoms with Gasteiger partial charge in [-0.2, -0.15) is 5.10 Å². The number of hydrogen-bond donors (Lipinski definition) is 0. The van der Waals surface area contributed by atoms with Gasteiger partial charge in [-0.1, -0.05) is 23.5 Å². The number of anilines is 1. The molecule has 1 aromatic heterocycles. The van der Waals surface area contributed by atoms with Crippen molar-refractivity contribution in [1.82, 2.24) is 4.98 Å². The van der Waals surface area contributed by atoms with Crippen molar-refractivity contribution in [2.45, 2.75) is 33.3 Å². The van der Waals surface area contributed by atoms with Gasteiger partial charge in [0.2, 0.25) is 5.13 Å². The molecule has 0 aliphatic carbocycles. The molecule has 0 atom stereocenters. The summed E-state index contributed by atoms with van der Waals surface area (Å²) < 4.78 is 28.2. The molecule has 11 nitrogen and oxygen atoms in total. The molecule has 0 aliphatic rings. The number of thiazole rings is 1. The van der Waals surface area contributed by atoms with Crippen LogP contribution in [0.3, 0.4) is 0 Å². The lowest BCUT2D eigenvalue weighted by molar-refractivity contribution is 0.0206. The summed E-state index contributed by atoms with van der Waals surface area (Å²) in [5, 5.41) is 6.77. The maximum atomic E-state index is 13.2. The van der Waals surface area contributed by atoms with Crippen LogP contribution in [0, 0.1) is 0 Å². The van der Waals surface area contributed by atoms with E-state index in [0.717, 1.165) is 10.2 Å². The number of hydrazone groups is 1. The minimum Gasteiger partial charge on any atom is -0.494 e. The van der Waals surface area contributed by atoms with E-state index < -0.39 is 23.7 Å². The average molecular weight is 668 g/mol. The zero-order valence-electron chi connectivity index (χ0n) is 27.0. The molecular weight excluding hydrogens is 634 g/mol. The SMILES string of the molecule is CCOc1ccc(C(=O)Oc2ccc(OC(=O)c3ccc(OC(=O)OC(C)(C)C)cc3)c(/C=N/N(C)c3nc4ccccc4s3)c2)cc1. The monoisotopic (exact) mass is 667 g/mol. The lowest BCUT2D eigenvalue weighted by atomic mass is 10.2. The Balaban J connectivity index is 1.36. The van der Waals surface area contributed by atoms with Crippen LogP contribution in [0.5, 0.6) is 23.0 Å². The molecule has 0 spiro atoms. The summed E-state index contributed by atoms with van der Waals surface area (Å²) in [7, 11) is 1.75. The van der Waals surface area contributed by atoms with Gasteiger partial charge in [0.15, 0.2) is 0 Å². The average Bonchev–Trinajstić information content (AvgIpc) is 3.49. The van der Waals surface area contributed by atoms with Gasteiger partial charge in [0.1, 0.15) is 28.6 Å². The zero-order valence-corrected chi connectivity index (χ0v) is 27.8. The van der Waals surface area contributed by atoms with Crippen LogP contribution in [0.1, 0.15) is 54.0 Å². The lowest BCUT2D eigenvalue weighted by Crippen LogP contribution is -2.26. The predicted octanol–water partition coefficient (Wildman–Crippen LogP) is 7.92. The molecule has 0 N–H and O–H groups in total. The molecule has 0 radical (unpaired) electrons. The zero-order chi connectivity index (χ0) is 34.3. The first-order valence-corrected chi connectivity index (χ1v) is 15.7. The third kappa shape index (κ3) is 8.95. The first-order valence-electron chi connectivity index (χ1n) is 14.9. The molecule has 246 valence electrons. The number of rotatable bonds is 10. The maximum Gasteiger partial charge on any atom is 0.514 e. The van der Waals surface area contributed by atoms with Crippen LogP contribution >= 0.6 is 11.3 Å². The second-order valence-corrected chi connectivity index (χ2v) is 12.3. The van der Waals surface area contributed by atoms with Crippen molar-refractivity contribution < 1.29 is 38.1 Å². The smallest absolute Gasteiger partial charge is 0.494 e. The molecule has 12 heteroatoms. The van der Waals surface area contributed by atoms with Crippen LogP contribution in [0.2, 0.25) is 0 Å². The summed E-state index contributed by atoms with van der Waals surface area (Å²) >= 11 is 1.47. The fourth-order valence-corrected chi connectivity index (χ4v) is 5.07. The Morgan fingerprint density at radius 2 is 1.44 bits per heavy atom. The molecule has 4 aromatic carbocycles. The van der Waals surface area contributed by atoms with Gasteiger partial charge in [0.25, 0.3) is 0 Å². The number of benzene rings is 4. The number of carbonyl (C=O) groups excluding carboxylic acids is 3. The van der Waals surface area contributed by atoms with Crippen LogP contribution in [-0.4, -0.2) is 48.5 Å². The maximum absolute atomic E-state index is 13.2. The highest BCUT2D eigenvalue weighted by Gasteiger charge is 2.19. The Kier molecular flexibility index (Phi) is 10.3. The Morgan fingerprint density at radius 3 is 2.08 bits per heavy atom. The van der Waals surface area contributed by atoms with Gasteiger partial charge in [-0.15, -0.1) is 0 Å². The fraction of sp³-hybridized carbons (Fsp3) is 0.194. The van der Waals surface area contributed by atoms with E-state index in [1.54, 1.807) is 63.2 Å². The molecular formula is C36H33N3O8S. The third-order valence-corrected chi connectivity index (χ3v) is 7.51. The summed E-state index contributed by atoms with van der Waals surface area (Å²) in [6.45, 7) is 7.56. The van der Waals surface area contributed by atoms with Gasteiger partial charge in [0.05, 0.1) is 34.2 Å². The van der Waals surface area contributed by atoms with Crippen molar-refractivity contribution in [3.8, 4) is 23.0 Å². The molecule has 48 heavy (non-hydrogen) atoms. The van der Waals surface area contributed by atoms with E-state index in [2.05, 4.69) is 10.1 Å². The number of nitrogens with zero attached hydrogens (tertiary/aromatic N) is 3. The second-order valence-electron chi connectivity index (χ2n) is 11.3. The summed E-state index contributed by atoms with van der Waals surface area (Å²) in [6, 6.07) is 24.8. The van der Waals surface area contributed by atoms with E-state index in [4.69, 9.17) is 23.7 Å². The van der Waals surface area contributed by atoms with E-state index in [1.165, 1.54) is 53.9 Å². The fourth-order valence-electron chi connectivity index (χ4n) is 4.19. The van der Waals surface area contributed by atoms with E-state index >= 15 is 0 Å². The van der Waals surface area contributed by atoms with Crippen molar-refractivity contribution in [3.05, 3.63) is 108 Å². The topological polar surface area (TPSA) is 126 Å².